The van der Waals surface area contributed by atoms with E-state index in [0.29, 0.717) is 5.92 Å². The van der Waals surface area contributed by atoms with E-state index < -0.39 is 13.4 Å². The minimum absolute atomic E-state index is 0.583. The van der Waals surface area contributed by atoms with Crippen LogP contribution in [0.15, 0.2) is 0 Å². The molecule has 3 heteroatoms. The van der Waals surface area contributed by atoms with Crippen molar-refractivity contribution in [1.29, 1.82) is 0 Å². The zero-order valence-corrected chi connectivity index (χ0v) is 7.67. The van der Waals surface area contributed by atoms with Crippen molar-refractivity contribution in [3.05, 3.63) is 6.92 Å². The summed E-state index contributed by atoms with van der Waals surface area (Å²) in [6, 6.07) is 0. The molecule has 0 rings (SSSR count). The summed E-state index contributed by atoms with van der Waals surface area (Å²) in [4.78, 5) is 0. The predicted octanol–water partition coefficient (Wildman–Crippen LogP) is 2.21. The summed E-state index contributed by atoms with van der Waals surface area (Å²) in [7, 11) is 9.81. The fourth-order valence-corrected chi connectivity index (χ4v) is 0. The van der Waals surface area contributed by atoms with Gasteiger partial charge in [0.2, 0.25) is 0 Å². The van der Waals surface area contributed by atoms with Crippen LogP contribution in [0.3, 0.4) is 0 Å². The Kier molecular flexibility index (Phi) is 16.0. The average molecular weight is 156 g/mol. The van der Waals surface area contributed by atoms with Crippen molar-refractivity contribution >= 4 is 33.5 Å². The molecule has 0 saturated heterocycles. The number of hydrogen-bond donors (Lipinski definition) is 0. The Bertz CT molecular complexity index is 20.9. The van der Waals surface area contributed by atoms with Gasteiger partial charge in [0.1, 0.15) is 0 Å². The van der Waals surface area contributed by atoms with Gasteiger partial charge in [-0.05, 0) is 5.92 Å². The molecule has 43 valence electrons. The van der Waals surface area contributed by atoms with Crippen LogP contribution < -0.4 is 0 Å². The maximum atomic E-state index is 4.90. The molecule has 0 N–H and O–H groups in total. The second-order valence-electron chi connectivity index (χ2n) is 1.49. The van der Waals surface area contributed by atoms with Crippen molar-refractivity contribution < 1.29 is 0 Å². The molecule has 0 saturated carbocycles. The highest BCUT2D eigenvalue weighted by molar-refractivity contribution is 7.22. The molecule has 7 heavy (non-hydrogen) atoms. The first-order valence-corrected chi connectivity index (χ1v) is 6.37. The zero-order valence-electron chi connectivity index (χ0n) is 4.75. The quantitative estimate of drug-likeness (QED) is 0.471. The van der Waals surface area contributed by atoms with Crippen LogP contribution in [0.2, 0.25) is 0 Å². The number of hydrogen-bond acceptors (Lipinski definition) is 0. The standard InChI is InChI=1S/C4H9.Al.2ClH.H/c1-4(2)3;;;;/h4H,1H2,2-3H3;;2*1H;/q;+2;;;/p-2. The largest absolute Gasteiger partial charge is 0.499 e. The Morgan fingerprint density at radius 3 is 1.43 bits per heavy atom. The Morgan fingerprint density at radius 2 is 1.43 bits per heavy atom. The zero-order chi connectivity index (χ0) is 6.28. The Labute approximate surface area is 60.3 Å². The molecule has 0 bridgehead atoms. The highest BCUT2D eigenvalue weighted by Gasteiger charge is 1.68. The van der Waals surface area contributed by atoms with Crippen LogP contribution in [0.5, 0.6) is 0 Å². The van der Waals surface area contributed by atoms with Crippen LogP contribution >= 0.6 is 20.1 Å². The third-order valence-corrected chi connectivity index (χ3v) is 0. The first-order chi connectivity index (χ1) is 3.15. The maximum absolute atomic E-state index is 4.90. The fraction of sp³-hybridized carbons (Fsp3) is 0.750. The van der Waals surface area contributed by atoms with Crippen molar-refractivity contribution in [3.63, 3.8) is 0 Å². The van der Waals surface area contributed by atoms with Crippen LogP contribution in [-0.2, 0) is 0 Å². The highest BCUT2D eigenvalue weighted by atomic mass is 35.7. The first-order valence-electron chi connectivity index (χ1n) is 2.10. The molecule has 0 unspecified atom stereocenters. The van der Waals surface area contributed by atoms with E-state index in [1.54, 1.807) is 0 Å². The van der Waals surface area contributed by atoms with Gasteiger partial charge in [-0.15, -0.1) is 0 Å². The summed E-state index contributed by atoms with van der Waals surface area (Å²) in [5.74, 6) is 0.583. The fourth-order valence-electron chi connectivity index (χ4n) is 0. The van der Waals surface area contributed by atoms with Gasteiger partial charge in [0.25, 0.3) is 0 Å². The summed E-state index contributed by atoms with van der Waals surface area (Å²) < 4.78 is 0. The molecular weight excluding hydrogens is 146 g/mol. The first kappa shape index (κ1) is 11.0. The molecule has 1 radical (unpaired) electrons. The van der Waals surface area contributed by atoms with Gasteiger partial charge in [-0.3, -0.25) is 0 Å². The van der Waals surface area contributed by atoms with Gasteiger partial charge in [-0.1, -0.05) is 20.8 Å². The smallest absolute Gasteiger partial charge is 0.240 e. The lowest BCUT2D eigenvalue weighted by Crippen LogP contribution is -1.67. The Balaban J connectivity index is 0. The van der Waals surface area contributed by atoms with Gasteiger partial charge in [0.15, 0.2) is 0 Å². The van der Waals surface area contributed by atoms with Gasteiger partial charge in [-0.2, -0.15) is 0 Å². The molecule has 0 spiro atoms. The van der Waals surface area contributed by atoms with Crippen molar-refractivity contribution in [1.82, 2.24) is 0 Å². The Morgan fingerprint density at radius 1 is 1.43 bits per heavy atom. The van der Waals surface area contributed by atoms with Crippen molar-refractivity contribution in [2.45, 2.75) is 13.8 Å². The van der Waals surface area contributed by atoms with Crippen LogP contribution in [0.25, 0.3) is 0 Å². The summed E-state index contributed by atoms with van der Waals surface area (Å²) in [6.45, 7) is 7.75. The lowest BCUT2D eigenvalue weighted by molar-refractivity contribution is 0.827. The Hall–Kier alpha value is 1.11. The molecular formula is C4H10AlCl2. The van der Waals surface area contributed by atoms with E-state index in [9.17, 15) is 0 Å². The van der Waals surface area contributed by atoms with E-state index in [0.717, 1.165) is 0 Å². The van der Waals surface area contributed by atoms with Gasteiger partial charge < -0.3 is 0 Å². The van der Waals surface area contributed by atoms with Crippen molar-refractivity contribution in [3.8, 4) is 0 Å². The summed E-state index contributed by atoms with van der Waals surface area (Å²) in [6.07, 6.45) is 0. The van der Waals surface area contributed by atoms with Crippen LogP contribution in [0.4, 0.5) is 0 Å². The van der Waals surface area contributed by atoms with Crippen molar-refractivity contribution in [2.75, 3.05) is 0 Å². The average Bonchev–Trinajstić information content (AvgIpc) is 1.33. The molecule has 0 aromatic rings. The monoisotopic (exact) mass is 155 g/mol. The van der Waals surface area contributed by atoms with E-state index in [4.69, 9.17) is 20.1 Å². The third-order valence-electron chi connectivity index (χ3n) is 0. The normalized spacial score (nSPS) is 7.14. The van der Waals surface area contributed by atoms with Gasteiger partial charge >= 0.3 is 13.4 Å². The van der Waals surface area contributed by atoms with Crippen molar-refractivity contribution in [2.24, 2.45) is 5.92 Å². The van der Waals surface area contributed by atoms with E-state index in [2.05, 4.69) is 20.8 Å². The maximum Gasteiger partial charge on any atom is 0.499 e. The van der Waals surface area contributed by atoms with Crippen LogP contribution in [0.1, 0.15) is 13.8 Å². The second kappa shape index (κ2) is 10.2. The third kappa shape index (κ3) is 150. The molecule has 0 aromatic heterocycles. The molecule has 0 fully saturated rings. The van der Waals surface area contributed by atoms with Crippen LogP contribution in [-0.4, -0.2) is 13.4 Å². The topological polar surface area (TPSA) is 0 Å². The summed E-state index contributed by atoms with van der Waals surface area (Å²) >= 11 is -0.639. The molecule has 0 aliphatic rings. The highest BCUT2D eigenvalue weighted by Crippen LogP contribution is 1.80. The SMILES string of the molecule is [CH2]C(C)C.[Cl][AlH][Cl]. The minimum atomic E-state index is -0.639. The molecule has 0 nitrogen and oxygen atoms in total. The molecule has 0 heterocycles. The lowest BCUT2D eigenvalue weighted by atomic mass is 10.3. The van der Waals surface area contributed by atoms with E-state index in [1.165, 1.54) is 0 Å². The molecule has 0 aliphatic heterocycles. The van der Waals surface area contributed by atoms with Crippen LogP contribution in [0, 0.1) is 12.8 Å². The molecule has 0 aliphatic carbocycles. The lowest BCUT2D eigenvalue weighted by Gasteiger charge is -1.78. The van der Waals surface area contributed by atoms with Gasteiger partial charge in [-0.25, -0.2) is 20.1 Å². The van der Waals surface area contributed by atoms with Gasteiger partial charge in [0, 0.05) is 0 Å². The molecule has 0 aromatic carbocycles. The number of rotatable bonds is 0. The molecule has 0 amide bonds. The van der Waals surface area contributed by atoms with Gasteiger partial charge in [0.05, 0.1) is 0 Å². The minimum Gasteiger partial charge on any atom is -0.240 e. The molecule has 0 atom stereocenters. The van der Waals surface area contributed by atoms with E-state index in [-0.39, 0.29) is 0 Å². The predicted molar refractivity (Wildman–Crippen MR) is 39.1 cm³/mol. The van der Waals surface area contributed by atoms with E-state index >= 15 is 0 Å². The second-order valence-corrected chi connectivity index (χ2v) is 4.12. The van der Waals surface area contributed by atoms with E-state index in [1.807, 2.05) is 0 Å². The number of halogens is 2. The summed E-state index contributed by atoms with van der Waals surface area (Å²) in [5.41, 5.74) is 0. The summed E-state index contributed by atoms with van der Waals surface area (Å²) in [5, 5.41) is 0.